The lowest BCUT2D eigenvalue weighted by Gasteiger charge is -2.15. The van der Waals surface area contributed by atoms with Gasteiger partial charge in [0.1, 0.15) is 0 Å². The number of hydrogen-bond donors (Lipinski definition) is 1. The maximum absolute atomic E-state index is 11.7. The first-order chi connectivity index (χ1) is 7.27. The van der Waals surface area contributed by atoms with Gasteiger partial charge in [-0.3, -0.25) is 9.78 Å². The Morgan fingerprint density at radius 2 is 2.47 bits per heavy atom. The van der Waals surface area contributed by atoms with Crippen molar-refractivity contribution < 1.29 is 4.79 Å². The molecule has 82 valence electrons. The molecule has 0 bridgehead atoms. The Balaban J connectivity index is 2.55. The van der Waals surface area contributed by atoms with E-state index in [4.69, 9.17) is 0 Å². The summed E-state index contributed by atoms with van der Waals surface area (Å²) >= 11 is 3.37. The molecule has 0 radical (unpaired) electrons. The standard InChI is InChI=1S/C11H15BrN2O/c1-2-10(5-6-12)14-11(15)9-4-3-7-13-8-9/h3-4,7-8,10H,2,5-6H2,1H3,(H,14,15). The highest BCUT2D eigenvalue weighted by atomic mass is 79.9. The van der Waals surface area contributed by atoms with Gasteiger partial charge in [-0.1, -0.05) is 22.9 Å². The minimum atomic E-state index is -0.0455. The van der Waals surface area contributed by atoms with E-state index in [0.717, 1.165) is 18.2 Å². The Bertz CT molecular complexity index is 303. The van der Waals surface area contributed by atoms with Gasteiger partial charge in [0.15, 0.2) is 0 Å². The van der Waals surface area contributed by atoms with Crippen LogP contribution >= 0.6 is 15.9 Å². The van der Waals surface area contributed by atoms with Gasteiger partial charge < -0.3 is 5.32 Å². The topological polar surface area (TPSA) is 42.0 Å². The van der Waals surface area contributed by atoms with Crippen molar-refractivity contribution in [2.24, 2.45) is 0 Å². The summed E-state index contributed by atoms with van der Waals surface area (Å²) in [5.74, 6) is -0.0455. The summed E-state index contributed by atoms with van der Waals surface area (Å²) in [7, 11) is 0. The molecule has 1 rings (SSSR count). The van der Waals surface area contributed by atoms with Gasteiger partial charge in [0.2, 0.25) is 0 Å². The molecule has 1 amide bonds. The number of rotatable bonds is 5. The van der Waals surface area contributed by atoms with Crippen molar-refractivity contribution in [3.05, 3.63) is 30.1 Å². The zero-order chi connectivity index (χ0) is 11.1. The number of nitrogens with one attached hydrogen (secondary N) is 1. The summed E-state index contributed by atoms with van der Waals surface area (Å²) in [5, 5.41) is 3.88. The van der Waals surface area contributed by atoms with Crippen LogP contribution in [-0.4, -0.2) is 22.3 Å². The molecule has 15 heavy (non-hydrogen) atoms. The van der Waals surface area contributed by atoms with Crippen molar-refractivity contribution in [3.8, 4) is 0 Å². The quantitative estimate of drug-likeness (QED) is 0.835. The third-order valence-corrected chi connectivity index (χ3v) is 2.67. The third kappa shape index (κ3) is 4.00. The molecule has 1 heterocycles. The predicted octanol–water partition coefficient (Wildman–Crippen LogP) is 2.38. The van der Waals surface area contributed by atoms with E-state index in [1.807, 2.05) is 0 Å². The number of nitrogens with zero attached hydrogens (tertiary/aromatic N) is 1. The zero-order valence-corrected chi connectivity index (χ0v) is 10.3. The van der Waals surface area contributed by atoms with E-state index >= 15 is 0 Å². The molecule has 0 saturated heterocycles. The van der Waals surface area contributed by atoms with Crippen LogP contribution in [0.1, 0.15) is 30.1 Å². The smallest absolute Gasteiger partial charge is 0.253 e. The fourth-order valence-corrected chi connectivity index (χ4v) is 1.83. The monoisotopic (exact) mass is 270 g/mol. The van der Waals surface area contributed by atoms with Gasteiger partial charge in [-0.2, -0.15) is 0 Å². The van der Waals surface area contributed by atoms with Crippen LogP contribution in [0, 0.1) is 0 Å². The normalized spacial score (nSPS) is 12.1. The molecule has 0 aromatic carbocycles. The van der Waals surface area contributed by atoms with Crippen LogP contribution in [0.15, 0.2) is 24.5 Å². The zero-order valence-electron chi connectivity index (χ0n) is 8.74. The second-order valence-electron chi connectivity index (χ2n) is 3.30. The molecule has 0 aliphatic carbocycles. The summed E-state index contributed by atoms with van der Waals surface area (Å²) in [4.78, 5) is 15.6. The minimum absolute atomic E-state index is 0.0455. The first kappa shape index (κ1) is 12.2. The molecular weight excluding hydrogens is 256 g/mol. The predicted molar refractivity (Wildman–Crippen MR) is 64.2 cm³/mol. The number of aromatic nitrogens is 1. The highest BCUT2D eigenvalue weighted by molar-refractivity contribution is 9.09. The van der Waals surface area contributed by atoms with E-state index in [0.29, 0.717) is 5.56 Å². The summed E-state index contributed by atoms with van der Waals surface area (Å²) in [6, 6.07) is 3.76. The van der Waals surface area contributed by atoms with Gasteiger partial charge in [0.25, 0.3) is 5.91 Å². The van der Waals surface area contributed by atoms with E-state index in [2.05, 4.69) is 33.2 Å². The summed E-state index contributed by atoms with van der Waals surface area (Å²) in [6.45, 7) is 2.07. The number of carbonyl (C=O) groups is 1. The molecule has 1 N–H and O–H groups in total. The largest absolute Gasteiger partial charge is 0.349 e. The van der Waals surface area contributed by atoms with E-state index in [1.54, 1.807) is 24.5 Å². The van der Waals surface area contributed by atoms with Crippen molar-refractivity contribution in [2.75, 3.05) is 5.33 Å². The second-order valence-corrected chi connectivity index (χ2v) is 4.09. The molecule has 0 aliphatic rings. The highest BCUT2D eigenvalue weighted by Crippen LogP contribution is 2.03. The van der Waals surface area contributed by atoms with Crippen LogP contribution < -0.4 is 5.32 Å². The number of halogens is 1. The van der Waals surface area contributed by atoms with Gasteiger partial charge in [0.05, 0.1) is 5.56 Å². The number of hydrogen-bond acceptors (Lipinski definition) is 2. The fraction of sp³-hybridized carbons (Fsp3) is 0.455. The lowest BCUT2D eigenvalue weighted by atomic mass is 10.1. The minimum Gasteiger partial charge on any atom is -0.349 e. The lowest BCUT2D eigenvalue weighted by molar-refractivity contribution is 0.0935. The van der Waals surface area contributed by atoms with Crippen LogP contribution in [0.4, 0.5) is 0 Å². The molecule has 3 nitrogen and oxygen atoms in total. The third-order valence-electron chi connectivity index (χ3n) is 2.21. The molecule has 1 aromatic rings. The first-order valence-corrected chi connectivity index (χ1v) is 6.17. The molecular formula is C11H15BrN2O. The molecule has 0 spiro atoms. The maximum atomic E-state index is 11.7. The molecule has 1 unspecified atom stereocenters. The molecule has 0 saturated carbocycles. The van der Waals surface area contributed by atoms with Crippen LogP contribution in [0.3, 0.4) is 0 Å². The van der Waals surface area contributed by atoms with E-state index in [-0.39, 0.29) is 11.9 Å². The van der Waals surface area contributed by atoms with Gasteiger partial charge in [0, 0.05) is 23.8 Å². The summed E-state index contributed by atoms with van der Waals surface area (Å²) in [5.41, 5.74) is 0.616. The van der Waals surface area contributed by atoms with Gasteiger partial charge in [-0.25, -0.2) is 0 Å². The number of carbonyl (C=O) groups excluding carboxylic acids is 1. The molecule has 0 aliphatic heterocycles. The Morgan fingerprint density at radius 3 is 3.00 bits per heavy atom. The fourth-order valence-electron chi connectivity index (χ4n) is 1.28. The van der Waals surface area contributed by atoms with Crippen LogP contribution in [0.25, 0.3) is 0 Å². The van der Waals surface area contributed by atoms with E-state index in [9.17, 15) is 4.79 Å². The Labute approximate surface area is 98.4 Å². The van der Waals surface area contributed by atoms with Crippen molar-refractivity contribution in [1.29, 1.82) is 0 Å². The molecule has 1 atom stereocenters. The Hall–Kier alpha value is -0.900. The SMILES string of the molecule is CCC(CCBr)NC(=O)c1cccnc1. The van der Waals surface area contributed by atoms with Crippen molar-refractivity contribution in [1.82, 2.24) is 10.3 Å². The van der Waals surface area contributed by atoms with Crippen LogP contribution in [0.2, 0.25) is 0 Å². The average Bonchev–Trinajstić information content (AvgIpc) is 2.29. The number of amides is 1. The molecule has 4 heteroatoms. The van der Waals surface area contributed by atoms with Crippen LogP contribution in [0.5, 0.6) is 0 Å². The molecule has 0 fully saturated rings. The van der Waals surface area contributed by atoms with Gasteiger partial charge in [-0.05, 0) is 25.0 Å². The van der Waals surface area contributed by atoms with Gasteiger partial charge in [-0.15, -0.1) is 0 Å². The van der Waals surface area contributed by atoms with Crippen molar-refractivity contribution >= 4 is 21.8 Å². The maximum Gasteiger partial charge on any atom is 0.253 e. The van der Waals surface area contributed by atoms with Gasteiger partial charge >= 0.3 is 0 Å². The second kappa shape index (κ2) is 6.56. The number of pyridine rings is 1. The highest BCUT2D eigenvalue weighted by Gasteiger charge is 2.10. The summed E-state index contributed by atoms with van der Waals surface area (Å²) < 4.78 is 0. The van der Waals surface area contributed by atoms with E-state index in [1.165, 1.54) is 0 Å². The van der Waals surface area contributed by atoms with E-state index < -0.39 is 0 Å². The Morgan fingerprint density at radius 1 is 1.67 bits per heavy atom. The van der Waals surface area contributed by atoms with Crippen LogP contribution in [-0.2, 0) is 0 Å². The average molecular weight is 271 g/mol. The first-order valence-electron chi connectivity index (χ1n) is 5.04. The Kier molecular flexibility index (Phi) is 5.32. The summed E-state index contributed by atoms with van der Waals surface area (Å²) in [6.07, 6.45) is 5.13. The van der Waals surface area contributed by atoms with Crippen molar-refractivity contribution in [3.63, 3.8) is 0 Å². The number of alkyl halides is 1. The lowest BCUT2D eigenvalue weighted by Crippen LogP contribution is -2.34. The molecule has 1 aromatic heterocycles. The van der Waals surface area contributed by atoms with Crippen molar-refractivity contribution in [2.45, 2.75) is 25.8 Å².